The summed E-state index contributed by atoms with van der Waals surface area (Å²) in [5.41, 5.74) is 0. The molecule has 9 heavy (non-hydrogen) atoms. The van der Waals surface area contributed by atoms with E-state index in [2.05, 4.69) is 19.2 Å². The van der Waals surface area contributed by atoms with Gasteiger partial charge in [0.25, 0.3) is 0 Å². The van der Waals surface area contributed by atoms with E-state index in [1.54, 1.807) is 0 Å². The van der Waals surface area contributed by atoms with Crippen LogP contribution >= 0.6 is 12.2 Å². The van der Waals surface area contributed by atoms with Crippen molar-refractivity contribution >= 4 is 17.2 Å². The predicted molar refractivity (Wildman–Crippen MR) is 45.8 cm³/mol. The minimum atomic E-state index is 0.971. The van der Waals surface area contributed by atoms with E-state index in [4.69, 9.17) is 12.2 Å². The molecule has 0 fully saturated rings. The van der Waals surface area contributed by atoms with Crippen LogP contribution in [-0.4, -0.2) is 11.5 Å². The van der Waals surface area contributed by atoms with Crippen molar-refractivity contribution in [3.63, 3.8) is 0 Å². The van der Waals surface area contributed by atoms with Crippen molar-refractivity contribution in [2.45, 2.75) is 33.1 Å². The summed E-state index contributed by atoms with van der Waals surface area (Å²) >= 11 is 4.96. The molecule has 0 aromatic rings. The van der Waals surface area contributed by atoms with Gasteiger partial charge in [-0.25, -0.2) is 0 Å². The zero-order valence-corrected chi connectivity index (χ0v) is 7.05. The molecule has 0 amide bonds. The van der Waals surface area contributed by atoms with E-state index in [1.165, 1.54) is 12.8 Å². The second-order valence-electron chi connectivity index (χ2n) is 2.06. The highest BCUT2D eigenvalue weighted by atomic mass is 32.1. The van der Waals surface area contributed by atoms with E-state index in [9.17, 15) is 0 Å². The molecule has 0 aliphatic rings. The Morgan fingerprint density at radius 3 is 2.56 bits per heavy atom. The molecule has 0 aromatic carbocycles. The van der Waals surface area contributed by atoms with E-state index < -0.39 is 0 Å². The van der Waals surface area contributed by atoms with Crippen LogP contribution in [0.15, 0.2) is 0 Å². The predicted octanol–water partition coefficient (Wildman–Crippen LogP) is 2.11. The lowest BCUT2D eigenvalue weighted by Gasteiger charge is -2.02. The fraction of sp³-hybridized carbons (Fsp3) is 0.857. The van der Waals surface area contributed by atoms with Gasteiger partial charge >= 0.3 is 0 Å². The maximum atomic E-state index is 4.96. The van der Waals surface area contributed by atoms with Crippen LogP contribution < -0.4 is 5.32 Å². The Kier molecular flexibility index (Phi) is 5.94. The molecule has 0 atom stereocenters. The molecule has 1 N–H and O–H groups in total. The Labute approximate surface area is 62.8 Å². The van der Waals surface area contributed by atoms with Gasteiger partial charge in [0.05, 0.1) is 4.99 Å². The second kappa shape index (κ2) is 6.02. The van der Waals surface area contributed by atoms with Crippen LogP contribution in [0.3, 0.4) is 0 Å². The Hall–Kier alpha value is -0.110. The fourth-order valence-corrected chi connectivity index (χ4v) is 0.632. The van der Waals surface area contributed by atoms with Crippen LogP contribution in [0.1, 0.15) is 33.1 Å². The van der Waals surface area contributed by atoms with E-state index >= 15 is 0 Å². The molecule has 0 rings (SSSR count). The molecular formula is C7H15NS. The monoisotopic (exact) mass is 145 g/mol. The lowest BCUT2D eigenvalue weighted by molar-refractivity contribution is 0.753. The smallest absolute Gasteiger partial charge is 0.0750 e. The molecule has 0 aliphatic carbocycles. The summed E-state index contributed by atoms with van der Waals surface area (Å²) in [7, 11) is 0. The third kappa shape index (κ3) is 5.77. The van der Waals surface area contributed by atoms with Gasteiger partial charge in [-0.2, -0.15) is 0 Å². The Bertz CT molecular complexity index is 81.0. The van der Waals surface area contributed by atoms with Gasteiger partial charge < -0.3 is 5.32 Å². The Morgan fingerprint density at radius 1 is 1.44 bits per heavy atom. The summed E-state index contributed by atoms with van der Waals surface area (Å²) in [4.78, 5) is 0.989. The van der Waals surface area contributed by atoms with Gasteiger partial charge in [0.1, 0.15) is 0 Å². The van der Waals surface area contributed by atoms with Crippen LogP contribution in [0.5, 0.6) is 0 Å². The van der Waals surface area contributed by atoms with Gasteiger partial charge in [0, 0.05) is 6.54 Å². The van der Waals surface area contributed by atoms with Crippen molar-refractivity contribution in [2.24, 2.45) is 0 Å². The van der Waals surface area contributed by atoms with Crippen molar-refractivity contribution in [1.82, 2.24) is 5.32 Å². The third-order valence-electron chi connectivity index (χ3n) is 1.17. The molecule has 1 nitrogen and oxygen atoms in total. The second-order valence-corrected chi connectivity index (χ2v) is 2.55. The van der Waals surface area contributed by atoms with Crippen LogP contribution in [0.2, 0.25) is 0 Å². The Morgan fingerprint density at radius 2 is 2.11 bits per heavy atom. The zero-order valence-electron chi connectivity index (χ0n) is 6.24. The minimum absolute atomic E-state index is 0.971. The summed E-state index contributed by atoms with van der Waals surface area (Å²) in [5.74, 6) is 0. The first-order chi connectivity index (χ1) is 4.31. The summed E-state index contributed by atoms with van der Waals surface area (Å²) in [6.45, 7) is 5.29. The highest BCUT2D eigenvalue weighted by Crippen LogP contribution is 1.84. The standard InChI is InChI=1S/C7H15NS/c1-3-5-6-8-7(9)4-2/h3-6H2,1-2H3,(H,8,9). The van der Waals surface area contributed by atoms with Crippen LogP contribution in [0, 0.1) is 0 Å². The summed E-state index contributed by atoms with van der Waals surface area (Å²) in [6.07, 6.45) is 3.43. The van der Waals surface area contributed by atoms with Gasteiger partial charge in [-0.1, -0.05) is 32.5 Å². The molecule has 0 unspecified atom stereocenters. The summed E-state index contributed by atoms with van der Waals surface area (Å²) in [5, 5.41) is 3.16. The van der Waals surface area contributed by atoms with Crippen LogP contribution in [0.4, 0.5) is 0 Å². The van der Waals surface area contributed by atoms with Gasteiger partial charge in [-0.3, -0.25) is 0 Å². The number of hydrogen-bond acceptors (Lipinski definition) is 1. The number of unbranched alkanes of at least 4 members (excludes halogenated alkanes) is 1. The van der Waals surface area contributed by atoms with Crippen molar-refractivity contribution in [3.05, 3.63) is 0 Å². The molecular weight excluding hydrogens is 130 g/mol. The SMILES string of the molecule is CCCCNC(=S)CC. The highest BCUT2D eigenvalue weighted by Gasteiger charge is 1.87. The zero-order chi connectivity index (χ0) is 7.11. The van der Waals surface area contributed by atoms with Gasteiger partial charge in [0.15, 0.2) is 0 Å². The van der Waals surface area contributed by atoms with Crippen LogP contribution in [0.25, 0.3) is 0 Å². The summed E-state index contributed by atoms with van der Waals surface area (Å²) in [6, 6.07) is 0. The number of hydrogen-bond donors (Lipinski definition) is 1. The van der Waals surface area contributed by atoms with Crippen molar-refractivity contribution in [3.8, 4) is 0 Å². The van der Waals surface area contributed by atoms with Gasteiger partial charge in [-0.05, 0) is 12.8 Å². The van der Waals surface area contributed by atoms with E-state index in [-0.39, 0.29) is 0 Å². The first-order valence-corrected chi connectivity index (χ1v) is 3.98. The molecule has 0 radical (unpaired) electrons. The minimum Gasteiger partial charge on any atom is -0.380 e. The average Bonchev–Trinajstić information content (AvgIpc) is 1.89. The molecule has 0 aliphatic heterocycles. The molecule has 0 bridgehead atoms. The number of thiocarbonyl (C=S) groups is 1. The van der Waals surface area contributed by atoms with Crippen LogP contribution in [-0.2, 0) is 0 Å². The number of rotatable bonds is 4. The average molecular weight is 145 g/mol. The first kappa shape index (κ1) is 8.89. The van der Waals surface area contributed by atoms with Crippen molar-refractivity contribution in [1.29, 1.82) is 0 Å². The van der Waals surface area contributed by atoms with E-state index in [0.29, 0.717) is 0 Å². The van der Waals surface area contributed by atoms with Crippen molar-refractivity contribution < 1.29 is 0 Å². The molecule has 54 valence electrons. The topological polar surface area (TPSA) is 12.0 Å². The Balaban J connectivity index is 2.97. The van der Waals surface area contributed by atoms with E-state index in [0.717, 1.165) is 18.0 Å². The normalized spacial score (nSPS) is 9.11. The lowest BCUT2D eigenvalue weighted by Crippen LogP contribution is -2.21. The van der Waals surface area contributed by atoms with E-state index in [1.807, 2.05) is 0 Å². The molecule has 0 saturated carbocycles. The highest BCUT2D eigenvalue weighted by molar-refractivity contribution is 7.80. The van der Waals surface area contributed by atoms with Gasteiger partial charge in [-0.15, -0.1) is 0 Å². The van der Waals surface area contributed by atoms with Crippen molar-refractivity contribution in [2.75, 3.05) is 6.54 Å². The number of nitrogens with one attached hydrogen (secondary N) is 1. The summed E-state index contributed by atoms with van der Waals surface area (Å²) < 4.78 is 0. The third-order valence-corrected chi connectivity index (χ3v) is 1.61. The molecule has 0 heterocycles. The fourth-order valence-electron chi connectivity index (χ4n) is 0.530. The molecule has 0 spiro atoms. The molecule has 0 saturated heterocycles. The maximum absolute atomic E-state index is 4.96. The first-order valence-electron chi connectivity index (χ1n) is 3.58. The largest absolute Gasteiger partial charge is 0.380 e. The molecule has 0 aromatic heterocycles. The van der Waals surface area contributed by atoms with Gasteiger partial charge in [0.2, 0.25) is 0 Å². The quantitative estimate of drug-likeness (QED) is 0.480. The maximum Gasteiger partial charge on any atom is 0.0750 e. The molecule has 2 heteroatoms. The lowest BCUT2D eigenvalue weighted by atomic mass is 10.3.